The molecule has 1 atom stereocenters. The molecule has 1 aliphatic heterocycles. The Bertz CT molecular complexity index is 921. The number of carbonyl (C=O) groups excluding carboxylic acids is 2. The van der Waals surface area contributed by atoms with E-state index in [4.69, 9.17) is 5.11 Å². The standard InChI is InChI=1S/C20H16BrNO5/c21-14-8-6-12(7-9-14)17-16(18(25)13-4-2-1-3-5-13)19(26)20(27)22(17)11-10-15(23)24/h1-9,17,25H,10-11H2,(H,23,24)/b18-16+. The number of aliphatic hydroxyl groups is 1. The summed E-state index contributed by atoms with van der Waals surface area (Å²) in [6, 6.07) is 14.6. The molecular weight excluding hydrogens is 414 g/mol. The molecule has 2 N–H and O–H groups in total. The van der Waals surface area contributed by atoms with Crippen molar-refractivity contribution >= 4 is 39.3 Å². The fourth-order valence-corrected chi connectivity index (χ4v) is 3.33. The molecule has 27 heavy (non-hydrogen) atoms. The number of hydrogen-bond acceptors (Lipinski definition) is 4. The lowest BCUT2D eigenvalue weighted by Crippen LogP contribution is -2.31. The van der Waals surface area contributed by atoms with E-state index in [1.54, 1.807) is 54.6 Å². The Labute approximate surface area is 163 Å². The molecule has 0 spiro atoms. The third kappa shape index (κ3) is 3.78. The van der Waals surface area contributed by atoms with Gasteiger partial charge in [-0.15, -0.1) is 0 Å². The van der Waals surface area contributed by atoms with Gasteiger partial charge in [-0.1, -0.05) is 58.4 Å². The Balaban J connectivity index is 2.14. The van der Waals surface area contributed by atoms with Crippen molar-refractivity contribution in [3.8, 4) is 0 Å². The molecule has 3 rings (SSSR count). The van der Waals surface area contributed by atoms with Crippen molar-refractivity contribution in [1.82, 2.24) is 4.90 Å². The Hall–Kier alpha value is -2.93. The first kappa shape index (κ1) is 18.8. The Kier molecular flexibility index (Phi) is 5.41. The molecule has 1 unspecified atom stereocenters. The maximum Gasteiger partial charge on any atom is 0.305 e. The number of Topliss-reactive ketones (excluding diaryl/α,β-unsaturated/α-hetero) is 1. The average Bonchev–Trinajstić information content (AvgIpc) is 2.91. The van der Waals surface area contributed by atoms with Crippen LogP contribution in [-0.4, -0.2) is 39.3 Å². The van der Waals surface area contributed by atoms with Crippen molar-refractivity contribution in [2.45, 2.75) is 12.5 Å². The first-order chi connectivity index (χ1) is 12.9. The molecule has 1 saturated heterocycles. The summed E-state index contributed by atoms with van der Waals surface area (Å²) in [5.41, 5.74) is 0.982. The average molecular weight is 430 g/mol. The van der Waals surface area contributed by atoms with Gasteiger partial charge >= 0.3 is 5.97 Å². The second-order valence-corrected chi connectivity index (χ2v) is 6.97. The molecule has 1 fully saturated rings. The van der Waals surface area contributed by atoms with Crippen molar-refractivity contribution in [3.63, 3.8) is 0 Å². The minimum atomic E-state index is -1.07. The first-order valence-electron chi connectivity index (χ1n) is 8.21. The van der Waals surface area contributed by atoms with Crippen molar-refractivity contribution in [2.75, 3.05) is 6.54 Å². The van der Waals surface area contributed by atoms with Crippen molar-refractivity contribution < 1.29 is 24.6 Å². The summed E-state index contributed by atoms with van der Waals surface area (Å²) in [7, 11) is 0. The number of halogens is 1. The van der Waals surface area contributed by atoms with Crippen LogP contribution in [0.2, 0.25) is 0 Å². The maximum atomic E-state index is 12.7. The van der Waals surface area contributed by atoms with Crippen LogP contribution in [0.25, 0.3) is 5.76 Å². The van der Waals surface area contributed by atoms with E-state index in [0.717, 1.165) is 4.47 Å². The number of amides is 1. The predicted octanol–water partition coefficient (Wildman–Crippen LogP) is 3.35. The molecule has 0 bridgehead atoms. The van der Waals surface area contributed by atoms with Crippen LogP contribution < -0.4 is 0 Å². The maximum absolute atomic E-state index is 12.7. The van der Waals surface area contributed by atoms with E-state index in [2.05, 4.69) is 15.9 Å². The van der Waals surface area contributed by atoms with Gasteiger partial charge in [0.2, 0.25) is 0 Å². The summed E-state index contributed by atoms with van der Waals surface area (Å²) in [4.78, 5) is 37.4. The summed E-state index contributed by atoms with van der Waals surface area (Å²) in [6.45, 7) is -0.133. The van der Waals surface area contributed by atoms with Gasteiger partial charge in [0.1, 0.15) is 5.76 Å². The number of benzene rings is 2. The first-order valence-corrected chi connectivity index (χ1v) is 9.00. The van der Waals surface area contributed by atoms with Gasteiger partial charge in [-0.05, 0) is 17.7 Å². The molecule has 138 valence electrons. The molecule has 0 saturated carbocycles. The molecule has 0 aliphatic carbocycles. The van der Waals surface area contributed by atoms with Crippen LogP contribution in [-0.2, 0) is 14.4 Å². The molecule has 7 heteroatoms. The van der Waals surface area contributed by atoms with Crippen molar-refractivity contribution in [2.24, 2.45) is 0 Å². The lowest BCUT2D eigenvalue weighted by atomic mass is 9.95. The number of likely N-dealkylation sites (tertiary alicyclic amines) is 1. The predicted molar refractivity (Wildman–Crippen MR) is 102 cm³/mol. The van der Waals surface area contributed by atoms with Gasteiger partial charge in [0.25, 0.3) is 11.7 Å². The third-order valence-electron chi connectivity index (χ3n) is 4.34. The highest BCUT2D eigenvalue weighted by molar-refractivity contribution is 9.10. The number of aliphatic carboxylic acids is 1. The van der Waals surface area contributed by atoms with Gasteiger partial charge in [-0.2, -0.15) is 0 Å². The number of carbonyl (C=O) groups is 3. The third-order valence-corrected chi connectivity index (χ3v) is 4.87. The molecule has 0 radical (unpaired) electrons. The fourth-order valence-electron chi connectivity index (χ4n) is 3.07. The number of hydrogen-bond donors (Lipinski definition) is 2. The smallest absolute Gasteiger partial charge is 0.305 e. The zero-order valence-corrected chi connectivity index (χ0v) is 15.7. The van der Waals surface area contributed by atoms with Crippen LogP contribution >= 0.6 is 15.9 Å². The van der Waals surface area contributed by atoms with Crippen LogP contribution in [0.15, 0.2) is 64.6 Å². The van der Waals surface area contributed by atoms with E-state index in [0.29, 0.717) is 11.1 Å². The van der Waals surface area contributed by atoms with E-state index in [1.807, 2.05) is 0 Å². The minimum absolute atomic E-state index is 0.0427. The molecule has 2 aromatic carbocycles. The van der Waals surface area contributed by atoms with Crippen molar-refractivity contribution in [1.29, 1.82) is 0 Å². The monoisotopic (exact) mass is 429 g/mol. The number of carboxylic acids is 1. The van der Waals surface area contributed by atoms with Crippen LogP contribution in [0.5, 0.6) is 0 Å². The second kappa shape index (κ2) is 7.75. The zero-order chi connectivity index (χ0) is 19.6. The van der Waals surface area contributed by atoms with Crippen LogP contribution in [0.3, 0.4) is 0 Å². The van der Waals surface area contributed by atoms with Crippen LogP contribution in [0, 0.1) is 0 Å². The highest BCUT2D eigenvalue weighted by atomic mass is 79.9. The quantitative estimate of drug-likeness (QED) is 0.431. The highest BCUT2D eigenvalue weighted by Gasteiger charge is 2.45. The second-order valence-electron chi connectivity index (χ2n) is 6.05. The summed E-state index contributed by atoms with van der Waals surface area (Å²) < 4.78 is 0.816. The number of ketones is 1. The molecule has 1 amide bonds. The van der Waals surface area contributed by atoms with E-state index >= 15 is 0 Å². The van der Waals surface area contributed by atoms with Gasteiger partial charge in [0.05, 0.1) is 18.0 Å². The highest BCUT2D eigenvalue weighted by Crippen LogP contribution is 2.39. The molecule has 6 nitrogen and oxygen atoms in total. The SMILES string of the molecule is O=C(O)CCN1C(=O)C(=O)/C(=C(/O)c2ccccc2)C1c1ccc(Br)cc1. The number of carboxylic acid groups (broad SMARTS) is 1. The van der Waals surface area contributed by atoms with Crippen molar-refractivity contribution in [3.05, 3.63) is 75.8 Å². The van der Waals surface area contributed by atoms with Gasteiger partial charge in [0, 0.05) is 16.6 Å². The summed E-state index contributed by atoms with van der Waals surface area (Å²) >= 11 is 3.34. The fraction of sp³-hybridized carbons (Fsp3) is 0.150. The van der Waals surface area contributed by atoms with Gasteiger partial charge in [-0.3, -0.25) is 14.4 Å². The number of aliphatic hydroxyl groups excluding tert-OH is 1. The molecule has 2 aromatic rings. The van der Waals surface area contributed by atoms with Gasteiger partial charge < -0.3 is 15.1 Å². The molecular formula is C20H16BrNO5. The summed E-state index contributed by atoms with van der Waals surface area (Å²) in [5, 5.41) is 19.7. The molecule has 1 heterocycles. The lowest BCUT2D eigenvalue weighted by Gasteiger charge is -2.24. The topological polar surface area (TPSA) is 94.9 Å². The van der Waals surface area contributed by atoms with E-state index in [1.165, 1.54) is 4.90 Å². The molecule has 1 aliphatic rings. The van der Waals surface area contributed by atoms with Gasteiger partial charge in [0.15, 0.2) is 0 Å². The Morgan fingerprint density at radius 2 is 1.63 bits per heavy atom. The largest absolute Gasteiger partial charge is 0.507 e. The van der Waals surface area contributed by atoms with E-state index < -0.39 is 23.7 Å². The molecule has 0 aromatic heterocycles. The Morgan fingerprint density at radius 3 is 2.22 bits per heavy atom. The van der Waals surface area contributed by atoms with Crippen LogP contribution in [0.4, 0.5) is 0 Å². The zero-order valence-electron chi connectivity index (χ0n) is 14.1. The summed E-state index contributed by atoms with van der Waals surface area (Å²) in [5.74, 6) is -2.99. The van der Waals surface area contributed by atoms with E-state index in [9.17, 15) is 19.5 Å². The minimum Gasteiger partial charge on any atom is -0.507 e. The van der Waals surface area contributed by atoms with E-state index in [-0.39, 0.29) is 24.3 Å². The summed E-state index contributed by atoms with van der Waals surface area (Å²) in [6.07, 6.45) is -0.300. The van der Waals surface area contributed by atoms with Gasteiger partial charge in [-0.25, -0.2) is 0 Å². The normalized spacial score (nSPS) is 18.7. The Morgan fingerprint density at radius 1 is 1.00 bits per heavy atom. The number of nitrogens with zero attached hydrogens (tertiary/aromatic N) is 1. The van der Waals surface area contributed by atoms with Crippen LogP contribution in [0.1, 0.15) is 23.6 Å². The number of rotatable bonds is 5. The lowest BCUT2D eigenvalue weighted by molar-refractivity contribution is -0.142.